The highest BCUT2D eigenvalue weighted by molar-refractivity contribution is 6.31. The Hall–Kier alpha value is -0.730. The zero-order valence-corrected chi connectivity index (χ0v) is 11.9. The molecule has 18 heavy (non-hydrogen) atoms. The van der Waals surface area contributed by atoms with Gasteiger partial charge in [-0.1, -0.05) is 37.4 Å². The fourth-order valence-electron chi connectivity index (χ4n) is 2.82. The highest BCUT2D eigenvalue weighted by atomic mass is 35.5. The molecule has 1 atom stereocenters. The van der Waals surface area contributed by atoms with E-state index in [1.165, 1.54) is 44.2 Å². The van der Waals surface area contributed by atoms with Crippen molar-refractivity contribution in [2.75, 3.05) is 12.3 Å². The number of nitrogens with zero attached hydrogens (tertiary/aromatic N) is 1. The van der Waals surface area contributed by atoms with Crippen LogP contribution < -0.4 is 5.73 Å². The molecule has 0 amide bonds. The molecule has 1 fully saturated rings. The molecule has 3 heteroatoms. The largest absolute Gasteiger partial charge is 0.399 e. The van der Waals surface area contributed by atoms with Crippen molar-refractivity contribution < 1.29 is 0 Å². The van der Waals surface area contributed by atoms with Crippen LogP contribution in [0.5, 0.6) is 0 Å². The van der Waals surface area contributed by atoms with Crippen LogP contribution in [0.15, 0.2) is 18.2 Å². The molecule has 0 radical (unpaired) electrons. The minimum atomic E-state index is 0.709. The number of halogens is 1. The topological polar surface area (TPSA) is 29.3 Å². The highest BCUT2D eigenvalue weighted by Gasteiger charge is 2.20. The number of rotatable bonds is 3. The summed E-state index contributed by atoms with van der Waals surface area (Å²) in [6.45, 7) is 4.43. The quantitative estimate of drug-likeness (QED) is 0.836. The first kappa shape index (κ1) is 13.7. The summed E-state index contributed by atoms with van der Waals surface area (Å²) < 4.78 is 0. The third-order valence-corrected chi connectivity index (χ3v) is 4.27. The van der Waals surface area contributed by atoms with E-state index in [0.717, 1.165) is 17.3 Å². The van der Waals surface area contributed by atoms with Crippen molar-refractivity contribution in [2.45, 2.75) is 51.6 Å². The Morgan fingerprint density at radius 2 is 2.17 bits per heavy atom. The Kier molecular flexibility index (Phi) is 4.90. The van der Waals surface area contributed by atoms with Gasteiger partial charge >= 0.3 is 0 Å². The molecule has 100 valence electrons. The molecule has 2 N–H and O–H groups in total. The van der Waals surface area contributed by atoms with Crippen LogP contribution in [0, 0.1) is 0 Å². The molecule has 2 nitrogen and oxygen atoms in total. The maximum Gasteiger partial charge on any atom is 0.0471 e. The minimum Gasteiger partial charge on any atom is -0.399 e. The lowest BCUT2D eigenvalue weighted by Crippen LogP contribution is -2.33. The smallest absolute Gasteiger partial charge is 0.0471 e. The molecular formula is C15H23ClN2. The number of nitrogens with two attached hydrogens (primary N) is 1. The van der Waals surface area contributed by atoms with E-state index in [1.807, 2.05) is 12.1 Å². The normalized spacial score (nSPS) is 21.8. The third-order valence-electron chi connectivity index (χ3n) is 3.92. The Morgan fingerprint density at radius 3 is 2.89 bits per heavy atom. The van der Waals surface area contributed by atoms with Crippen molar-refractivity contribution in [2.24, 2.45) is 0 Å². The van der Waals surface area contributed by atoms with Crippen molar-refractivity contribution in [3.63, 3.8) is 0 Å². The lowest BCUT2D eigenvalue weighted by molar-refractivity contribution is 0.186. The molecule has 0 bridgehead atoms. The zero-order valence-electron chi connectivity index (χ0n) is 11.2. The van der Waals surface area contributed by atoms with E-state index in [0.29, 0.717) is 6.04 Å². The van der Waals surface area contributed by atoms with Crippen LogP contribution >= 0.6 is 11.6 Å². The van der Waals surface area contributed by atoms with Gasteiger partial charge in [-0.25, -0.2) is 0 Å². The summed E-state index contributed by atoms with van der Waals surface area (Å²) in [6.07, 6.45) is 6.59. The molecular weight excluding hydrogens is 244 g/mol. The number of anilines is 1. The molecule has 0 aliphatic carbocycles. The molecule has 0 spiro atoms. The van der Waals surface area contributed by atoms with Gasteiger partial charge in [-0.15, -0.1) is 0 Å². The van der Waals surface area contributed by atoms with Crippen molar-refractivity contribution in [3.05, 3.63) is 28.8 Å². The van der Waals surface area contributed by atoms with Gasteiger partial charge in [0.25, 0.3) is 0 Å². The molecule has 1 aromatic carbocycles. The van der Waals surface area contributed by atoms with E-state index >= 15 is 0 Å². The molecule has 1 saturated heterocycles. The predicted molar refractivity (Wildman–Crippen MR) is 78.8 cm³/mol. The number of likely N-dealkylation sites (tertiary alicyclic amines) is 1. The first-order valence-electron chi connectivity index (χ1n) is 6.98. The van der Waals surface area contributed by atoms with Gasteiger partial charge in [-0.3, -0.25) is 4.90 Å². The SMILES string of the molecule is CCC1CCCCCN1Cc1ccc(N)cc1Cl. The van der Waals surface area contributed by atoms with Crippen LogP contribution in [-0.4, -0.2) is 17.5 Å². The van der Waals surface area contributed by atoms with Gasteiger partial charge in [0.1, 0.15) is 0 Å². The highest BCUT2D eigenvalue weighted by Crippen LogP contribution is 2.25. The second-order valence-corrected chi connectivity index (χ2v) is 5.64. The summed E-state index contributed by atoms with van der Waals surface area (Å²) in [6, 6.07) is 6.58. The third kappa shape index (κ3) is 3.39. The molecule has 1 unspecified atom stereocenters. The van der Waals surface area contributed by atoms with Gasteiger partial charge in [-0.2, -0.15) is 0 Å². The molecule has 0 aromatic heterocycles. The molecule has 1 aliphatic rings. The fraction of sp³-hybridized carbons (Fsp3) is 0.600. The van der Waals surface area contributed by atoms with Crippen molar-refractivity contribution in [3.8, 4) is 0 Å². The van der Waals surface area contributed by atoms with Crippen LogP contribution in [0.4, 0.5) is 5.69 Å². The monoisotopic (exact) mass is 266 g/mol. The number of benzene rings is 1. The maximum atomic E-state index is 6.27. The second-order valence-electron chi connectivity index (χ2n) is 5.23. The lowest BCUT2D eigenvalue weighted by Gasteiger charge is -2.29. The Morgan fingerprint density at radius 1 is 1.33 bits per heavy atom. The van der Waals surface area contributed by atoms with E-state index < -0.39 is 0 Å². The standard InChI is InChI=1S/C15H23ClN2/c1-2-14-6-4-3-5-9-18(14)11-12-7-8-13(17)10-15(12)16/h7-8,10,14H,2-6,9,11,17H2,1H3. The predicted octanol–water partition coefficient (Wildman–Crippen LogP) is 4.08. The first-order valence-corrected chi connectivity index (χ1v) is 7.36. The number of hydrogen-bond acceptors (Lipinski definition) is 2. The van der Waals surface area contributed by atoms with Gasteiger partial charge in [-0.05, 0) is 43.5 Å². The fourth-order valence-corrected chi connectivity index (χ4v) is 3.07. The number of hydrogen-bond donors (Lipinski definition) is 1. The van der Waals surface area contributed by atoms with Crippen LogP contribution in [0.25, 0.3) is 0 Å². The van der Waals surface area contributed by atoms with E-state index in [1.54, 1.807) is 0 Å². The van der Waals surface area contributed by atoms with Gasteiger partial charge in [0.15, 0.2) is 0 Å². The zero-order chi connectivity index (χ0) is 13.0. The van der Waals surface area contributed by atoms with E-state index in [2.05, 4.69) is 17.9 Å². The molecule has 2 rings (SSSR count). The molecule has 1 aliphatic heterocycles. The Bertz CT molecular complexity index is 392. The lowest BCUT2D eigenvalue weighted by atomic mass is 10.1. The van der Waals surface area contributed by atoms with Gasteiger partial charge in [0.05, 0.1) is 0 Å². The number of nitrogen functional groups attached to an aromatic ring is 1. The summed E-state index contributed by atoms with van der Waals surface area (Å²) in [4.78, 5) is 2.59. The molecule has 1 aromatic rings. The minimum absolute atomic E-state index is 0.709. The summed E-state index contributed by atoms with van der Waals surface area (Å²) in [5, 5.41) is 0.800. The van der Waals surface area contributed by atoms with Crippen LogP contribution in [0.2, 0.25) is 5.02 Å². The molecule has 1 heterocycles. The van der Waals surface area contributed by atoms with Crippen LogP contribution in [-0.2, 0) is 6.54 Å². The van der Waals surface area contributed by atoms with Crippen LogP contribution in [0.3, 0.4) is 0 Å². The van der Waals surface area contributed by atoms with Crippen molar-refractivity contribution in [1.29, 1.82) is 0 Å². The van der Waals surface area contributed by atoms with E-state index in [9.17, 15) is 0 Å². The second kappa shape index (κ2) is 6.44. The summed E-state index contributed by atoms with van der Waals surface area (Å²) >= 11 is 6.27. The molecule has 0 saturated carbocycles. The first-order chi connectivity index (χ1) is 8.70. The van der Waals surface area contributed by atoms with Crippen molar-refractivity contribution >= 4 is 17.3 Å². The summed E-state index contributed by atoms with van der Waals surface area (Å²) in [5.41, 5.74) is 7.68. The Labute approximate surface area is 115 Å². The van der Waals surface area contributed by atoms with Gasteiger partial charge in [0, 0.05) is 23.3 Å². The Balaban J connectivity index is 2.10. The average molecular weight is 267 g/mol. The van der Waals surface area contributed by atoms with E-state index in [-0.39, 0.29) is 0 Å². The summed E-state index contributed by atoms with van der Waals surface area (Å²) in [5.74, 6) is 0. The van der Waals surface area contributed by atoms with E-state index in [4.69, 9.17) is 17.3 Å². The van der Waals surface area contributed by atoms with Crippen molar-refractivity contribution in [1.82, 2.24) is 4.90 Å². The van der Waals surface area contributed by atoms with Gasteiger partial charge in [0.2, 0.25) is 0 Å². The average Bonchev–Trinajstić information content (AvgIpc) is 2.57. The van der Waals surface area contributed by atoms with Gasteiger partial charge < -0.3 is 5.73 Å². The maximum absolute atomic E-state index is 6.27. The summed E-state index contributed by atoms with van der Waals surface area (Å²) in [7, 11) is 0. The van der Waals surface area contributed by atoms with Crippen LogP contribution in [0.1, 0.15) is 44.6 Å².